The molecule has 2 N–H and O–H groups in total. The minimum absolute atomic E-state index is 0.133. The molecule has 1 amide bonds. The Morgan fingerprint density at radius 2 is 1.74 bits per heavy atom. The molecule has 1 aromatic carbocycles. The highest BCUT2D eigenvalue weighted by Crippen LogP contribution is 2.34. The lowest BCUT2D eigenvalue weighted by Crippen LogP contribution is -2.36. The summed E-state index contributed by atoms with van der Waals surface area (Å²) >= 11 is 0. The number of nitrogens with zero attached hydrogens (tertiary/aromatic N) is 1. The normalized spacial score (nSPS) is 22.2. The largest absolute Gasteiger partial charge is 0.508 e. The summed E-state index contributed by atoms with van der Waals surface area (Å²) in [6.07, 6.45) is 1.96. The van der Waals surface area contributed by atoms with Crippen molar-refractivity contribution in [2.24, 2.45) is 11.8 Å². The van der Waals surface area contributed by atoms with Crippen LogP contribution in [0.3, 0.4) is 0 Å². The van der Waals surface area contributed by atoms with Crippen LogP contribution in [0.1, 0.15) is 19.3 Å². The second kappa shape index (κ2) is 5.30. The first-order valence-electron chi connectivity index (χ1n) is 6.30. The molecule has 5 nitrogen and oxygen atoms in total. The third kappa shape index (κ3) is 2.70. The highest BCUT2D eigenvalue weighted by molar-refractivity contribution is 5.97. The second-order valence-corrected chi connectivity index (χ2v) is 4.90. The van der Waals surface area contributed by atoms with Crippen LogP contribution in [-0.4, -0.2) is 29.1 Å². The Balaban J connectivity index is 2.14. The Morgan fingerprint density at radius 1 is 1.16 bits per heavy atom. The van der Waals surface area contributed by atoms with E-state index in [2.05, 4.69) is 0 Å². The molecule has 0 radical (unpaired) electrons. The number of aromatic hydroxyl groups is 1. The molecule has 0 spiro atoms. The van der Waals surface area contributed by atoms with E-state index in [4.69, 9.17) is 5.11 Å². The quantitative estimate of drug-likeness (QED) is 0.872. The lowest BCUT2D eigenvalue weighted by Gasteiger charge is -2.23. The predicted molar refractivity (Wildman–Crippen MR) is 70.0 cm³/mol. The summed E-state index contributed by atoms with van der Waals surface area (Å²) in [5, 5.41) is 18.3. The number of amides is 1. The van der Waals surface area contributed by atoms with Gasteiger partial charge < -0.3 is 15.1 Å². The number of carbonyl (C=O) groups excluding carboxylic acids is 1. The van der Waals surface area contributed by atoms with E-state index in [0.717, 1.165) is 6.42 Å². The van der Waals surface area contributed by atoms with E-state index in [1.165, 1.54) is 17.0 Å². The first kappa shape index (κ1) is 13.4. The minimum atomic E-state index is -0.894. The summed E-state index contributed by atoms with van der Waals surface area (Å²) in [6, 6.07) is 6.28. The van der Waals surface area contributed by atoms with Gasteiger partial charge in [0, 0.05) is 12.7 Å². The lowest BCUT2D eigenvalue weighted by atomic mass is 9.94. The molecular formula is C14H17NO4. The molecule has 0 aliphatic heterocycles. The topological polar surface area (TPSA) is 77.8 Å². The summed E-state index contributed by atoms with van der Waals surface area (Å²) in [4.78, 5) is 24.9. The van der Waals surface area contributed by atoms with Gasteiger partial charge in [0.1, 0.15) is 5.75 Å². The number of carbonyl (C=O) groups is 2. The van der Waals surface area contributed by atoms with E-state index in [-0.39, 0.29) is 11.7 Å². The van der Waals surface area contributed by atoms with Crippen molar-refractivity contribution >= 4 is 17.6 Å². The highest BCUT2D eigenvalue weighted by Gasteiger charge is 2.39. The summed E-state index contributed by atoms with van der Waals surface area (Å²) in [7, 11) is 1.63. The molecule has 1 fully saturated rings. The number of carboxylic acids is 1. The van der Waals surface area contributed by atoms with Gasteiger partial charge in [0.05, 0.1) is 11.8 Å². The lowest BCUT2D eigenvalue weighted by molar-refractivity contribution is -0.145. The van der Waals surface area contributed by atoms with Crippen LogP contribution >= 0.6 is 0 Å². The monoisotopic (exact) mass is 263 g/mol. The van der Waals surface area contributed by atoms with Crippen LogP contribution in [0.5, 0.6) is 5.75 Å². The van der Waals surface area contributed by atoms with Gasteiger partial charge in [-0.05, 0) is 37.1 Å². The molecule has 2 rings (SSSR count). The number of rotatable bonds is 3. The Kier molecular flexibility index (Phi) is 3.74. The van der Waals surface area contributed by atoms with Crippen molar-refractivity contribution in [1.82, 2.24) is 0 Å². The van der Waals surface area contributed by atoms with Gasteiger partial charge in [0.15, 0.2) is 0 Å². The molecule has 1 aliphatic rings. The molecule has 0 aromatic heterocycles. The average Bonchev–Trinajstić information content (AvgIpc) is 2.87. The Labute approximate surface area is 111 Å². The fraction of sp³-hybridized carbons (Fsp3) is 0.429. The van der Waals surface area contributed by atoms with E-state index in [0.29, 0.717) is 18.5 Å². The summed E-state index contributed by atoms with van der Waals surface area (Å²) in [6.45, 7) is 0. The van der Waals surface area contributed by atoms with Crippen molar-refractivity contribution in [2.75, 3.05) is 11.9 Å². The van der Waals surface area contributed by atoms with Gasteiger partial charge >= 0.3 is 5.97 Å². The SMILES string of the molecule is CN(C(=O)C1CCCC1C(=O)O)c1ccc(O)cc1. The molecule has 19 heavy (non-hydrogen) atoms. The number of phenols is 1. The number of hydrogen-bond acceptors (Lipinski definition) is 3. The summed E-state index contributed by atoms with van der Waals surface area (Å²) in [5.41, 5.74) is 0.652. The molecule has 1 aliphatic carbocycles. The van der Waals surface area contributed by atoms with Crippen molar-refractivity contribution in [2.45, 2.75) is 19.3 Å². The molecule has 1 saturated carbocycles. The van der Waals surface area contributed by atoms with E-state index in [1.54, 1.807) is 19.2 Å². The van der Waals surface area contributed by atoms with Gasteiger partial charge in [0.25, 0.3) is 0 Å². The Bertz CT molecular complexity index is 483. The molecule has 2 atom stereocenters. The van der Waals surface area contributed by atoms with Gasteiger partial charge in [-0.3, -0.25) is 9.59 Å². The highest BCUT2D eigenvalue weighted by atomic mass is 16.4. The van der Waals surface area contributed by atoms with Gasteiger partial charge in [-0.15, -0.1) is 0 Å². The maximum Gasteiger partial charge on any atom is 0.307 e. The van der Waals surface area contributed by atoms with E-state index < -0.39 is 17.8 Å². The first-order chi connectivity index (χ1) is 9.00. The van der Waals surface area contributed by atoms with E-state index in [9.17, 15) is 14.7 Å². The summed E-state index contributed by atoms with van der Waals surface area (Å²) < 4.78 is 0. The van der Waals surface area contributed by atoms with Crippen LogP contribution in [0, 0.1) is 11.8 Å². The van der Waals surface area contributed by atoms with Crippen molar-refractivity contribution in [3.8, 4) is 5.75 Å². The molecule has 102 valence electrons. The molecule has 1 aromatic rings. The number of anilines is 1. The van der Waals surface area contributed by atoms with Crippen molar-refractivity contribution in [3.63, 3.8) is 0 Å². The van der Waals surface area contributed by atoms with Gasteiger partial charge in [-0.25, -0.2) is 0 Å². The molecule has 0 bridgehead atoms. The van der Waals surface area contributed by atoms with Crippen LogP contribution in [0.2, 0.25) is 0 Å². The predicted octanol–water partition coefficient (Wildman–Crippen LogP) is 1.86. The maximum atomic E-state index is 12.3. The zero-order valence-corrected chi connectivity index (χ0v) is 10.7. The number of hydrogen-bond donors (Lipinski definition) is 2. The fourth-order valence-electron chi connectivity index (χ4n) is 2.60. The number of carboxylic acid groups (broad SMARTS) is 1. The average molecular weight is 263 g/mol. The fourth-order valence-corrected chi connectivity index (χ4v) is 2.60. The minimum Gasteiger partial charge on any atom is -0.508 e. The molecule has 5 heteroatoms. The Morgan fingerprint density at radius 3 is 2.32 bits per heavy atom. The summed E-state index contributed by atoms with van der Waals surface area (Å²) in [5.74, 6) is -1.96. The number of benzene rings is 1. The zero-order chi connectivity index (χ0) is 14.0. The van der Waals surface area contributed by atoms with Gasteiger partial charge in [-0.2, -0.15) is 0 Å². The standard InChI is InChI=1S/C14H17NO4/c1-15(9-5-7-10(16)8-6-9)13(17)11-3-2-4-12(11)14(18)19/h5-8,11-12,16H,2-4H2,1H3,(H,18,19). The Hall–Kier alpha value is -2.04. The van der Waals surface area contributed by atoms with Crippen molar-refractivity contribution in [3.05, 3.63) is 24.3 Å². The molecule has 0 saturated heterocycles. The molecule has 0 heterocycles. The third-order valence-electron chi connectivity index (χ3n) is 3.72. The van der Waals surface area contributed by atoms with Crippen molar-refractivity contribution < 1.29 is 19.8 Å². The zero-order valence-electron chi connectivity index (χ0n) is 10.7. The van der Waals surface area contributed by atoms with Crippen LogP contribution < -0.4 is 4.90 Å². The van der Waals surface area contributed by atoms with Crippen molar-refractivity contribution in [1.29, 1.82) is 0 Å². The number of aliphatic carboxylic acids is 1. The van der Waals surface area contributed by atoms with Crippen LogP contribution in [0.4, 0.5) is 5.69 Å². The van der Waals surface area contributed by atoms with Crippen LogP contribution in [-0.2, 0) is 9.59 Å². The smallest absolute Gasteiger partial charge is 0.307 e. The molecule has 2 unspecified atom stereocenters. The third-order valence-corrected chi connectivity index (χ3v) is 3.72. The first-order valence-corrected chi connectivity index (χ1v) is 6.30. The van der Waals surface area contributed by atoms with Gasteiger partial charge in [0.2, 0.25) is 5.91 Å². The van der Waals surface area contributed by atoms with E-state index >= 15 is 0 Å². The second-order valence-electron chi connectivity index (χ2n) is 4.90. The van der Waals surface area contributed by atoms with Crippen LogP contribution in [0.15, 0.2) is 24.3 Å². The van der Waals surface area contributed by atoms with Gasteiger partial charge in [-0.1, -0.05) is 6.42 Å². The van der Waals surface area contributed by atoms with Crippen LogP contribution in [0.25, 0.3) is 0 Å². The maximum absolute atomic E-state index is 12.3. The number of phenolic OH excluding ortho intramolecular Hbond substituents is 1. The van der Waals surface area contributed by atoms with E-state index in [1.807, 2.05) is 0 Å². The molecular weight excluding hydrogens is 246 g/mol.